The molecule has 2 aliphatic heterocycles. The molecule has 2 unspecified atom stereocenters. The van der Waals surface area contributed by atoms with Gasteiger partial charge in [-0.25, -0.2) is 0 Å². The number of rotatable bonds is 4. The quantitative estimate of drug-likeness (QED) is 0.842. The molecule has 4 nitrogen and oxygen atoms in total. The highest BCUT2D eigenvalue weighted by Crippen LogP contribution is 2.59. The molecule has 1 spiro atoms. The van der Waals surface area contributed by atoms with E-state index in [-0.39, 0.29) is 24.8 Å². The van der Waals surface area contributed by atoms with Gasteiger partial charge >= 0.3 is 0 Å². The molecule has 3 fully saturated rings. The predicted molar refractivity (Wildman–Crippen MR) is 95.0 cm³/mol. The number of nitrogens with one attached hydrogen (secondary N) is 1. The summed E-state index contributed by atoms with van der Waals surface area (Å²) in [6, 6.07) is 0.594. The molecular formula is C16H31Cl2N3O. The zero-order chi connectivity index (χ0) is 14.2. The average Bonchev–Trinajstić information content (AvgIpc) is 2.95. The van der Waals surface area contributed by atoms with Gasteiger partial charge in [0.1, 0.15) is 0 Å². The minimum Gasteiger partial charge on any atom is -0.344 e. The molecule has 22 heavy (non-hydrogen) atoms. The van der Waals surface area contributed by atoms with Crippen LogP contribution in [0.4, 0.5) is 0 Å². The van der Waals surface area contributed by atoms with Crippen LogP contribution in [-0.2, 0) is 4.79 Å². The van der Waals surface area contributed by atoms with Crippen LogP contribution in [0.3, 0.4) is 0 Å². The van der Waals surface area contributed by atoms with Crippen LogP contribution >= 0.6 is 24.8 Å². The Morgan fingerprint density at radius 3 is 2.64 bits per heavy atom. The van der Waals surface area contributed by atoms with E-state index in [4.69, 9.17) is 0 Å². The van der Waals surface area contributed by atoms with Crippen LogP contribution in [0.2, 0.25) is 0 Å². The summed E-state index contributed by atoms with van der Waals surface area (Å²) in [5.41, 5.74) is 0.372. The minimum absolute atomic E-state index is 0. The smallest absolute Gasteiger partial charge is 0.226 e. The van der Waals surface area contributed by atoms with Gasteiger partial charge in [0, 0.05) is 25.6 Å². The van der Waals surface area contributed by atoms with E-state index < -0.39 is 0 Å². The molecular weight excluding hydrogens is 321 g/mol. The maximum Gasteiger partial charge on any atom is 0.226 e. The number of nitrogens with zero attached hydrogens (tertiary/aromatic N) is 2. The van der Waals surface area contributed by atoms with Crippen molar-refractivity contribution in [2.45, 2.75) is 45.1 Å². The number of carbonyl (C=O) groups excluding carboxylic acids is 1. The number of halogens is 2. The lowest BCUT2D eigenvalue weighted by molar-refractivity contribution is -0.133. The Labute approximate surface area is 147 Å². The summed E-state index contributed by atoms with van der Waals surface area (Å²) in [6.07, 6.45) is 6.08. The molecule has 3 rings (SSSR count). The fourth-order valence-electron chi connectivity index (χ4n) is 4.36. The maximum absolute atomic E-state index is 12.6. The van der Waals surface area contributed by atoms with Crippen LogP contribution in [0.1, 0.15) is 39.0 Å². The molecule has 3 aliphatic rings. The Balaban J connectivity index is 0.00000121. The van der Waals surface area contributed by atoms with Gasteiger partial charge in [-0.05, 0) is 63.7 Å². The van der Waals surface area contributed by atoms with Crippen LogP contribution in [0.25, 0.3) is 0 Å². The number of likely N-dealkylation sites (N-methyl/N-ethyl adjacent to an activating group) is 2. The van der Waals surface area contributed by atoms with Crippen molar-refractivity contribution in [1.82, 2.24) is 15.1 Å². The molecule has 2 saturated heterocycles. The lowest BCUT2D eigenvalue weighted by atomic mass is 9.91. The highest BCUT2D eigenvalue weighted by atomic mass is 35.5. The van der Waals surface area contributed by atoms with Gasteiger partial charge in [0.05, 0.1) is 0 Å². The molecule has 0 aromatic heterocycles. The maximum atomic E-state index is 12.6. The van der Waals surface area contributed by atoms with Crippen LogP contribution in [0.15, 0.2) is 0 Å². The number of piperidine rings is 1. The third-order valence-electron chi connectivity index (χ3n) is 5.85. The second-order valence-corrected chi connectivity index (χ2v) is 7.01. The molecule has 0 radical (unpaired) electrons. The van der Waals surface area contributed by atoms with Crippen molar-refractivity contribution in [1.29, 1.82) is 0 Å². The van der Waals surface area contributed by atoms with Gasteiger partial charge in [-0.2, -0.15) is 0 Å². The lowest BCUT2D eigenvalue weighted by Gasteiger charge is -2.29. The molecule has 2 atom stereocenters. The topological polar surface area (TPSA) is 35.6 Å². The fraction of sp³-hybridized carbons (Fsp3) is 0.938. The summed E-state index contributed by atoms with van der Waals surface area (Å²) in [5, 5.41) is 3.41. The first-order chi connectivity index (χ1) is 9.66. The van der Waals surface area contributed by atoms with Crippen molar-refractivity contribution < 1.29 is 4.79 Å². The van der Waals surface area contributed by atoms with E-state index in [1.165, 1.54) is 32.2 Å². The fourth-order valence-corrected chi connectivity index (χ4v) is 4.36. The normalized spacial score (nSPS) is 29.5. The summed E-state index contributed by atoms with van der Waals surface area (Å²) in [4.78, 5) is 17.2. The van der Waals surface area contributed by atoms with Gasteiger partial charge in [0.25, 0.3) is 0 Å². The highest BCUT2D eigenvalue weighted by Gasteiger charge is 2.58. The first kappa shape index (κ1) is 20.0. The zero-order valence-corrected chi connectivity index (χ0v) is 15.5. The molecule has 1 aliphatic carbocycles. The monoisotopic (exact) mass is 351 g/mol. The molecule has 130 valence electrons. The summed E-state index contributed by atoms with van der Waals surface area (Å²) >= 11 is 0. The van der Waals surface area contributed by atoms with Gasteiger partial charge in [-0.15, -0.1) is 24.8 Å². The third-order valence-corrected chi connectivity index (χ3v) is 5.85. The molecule has 0 bridgehead atoms. The summed E-state index contributed by atoms with van der Waals surface area (Å²) in [7, 11) is 2.02. The van der Waals surface area contributed by atoms with Gasteiger partial charge < -0.3 is 10.2 Å². The van der Waals surface area contributed by atoms with Gasteiger partial charge in [-0.3, -0.25) is 9.69 Å². The van der Waals surface area contributed by atoms with Crippen LogP contribution in [-0.4, -0.2) is 61.5 Å². The summed E-state index contributed by atoms with van der Waals surface area (Å²) in [5.74, 6) is 0.737. The number of amides is 1. The van der Waals surface area contributed by atoms with Crippen LogP contribution in [0.5, 0.6) is 0 Å². The zero-order valence-electron chi connectivity index (χ0n) is 13.8. The summed E-state index contributed by atoms with van der Waals surface area (Å²) < 4.78 is 0. The molecule has 0 aromatic rings. The van der Waals surface area contributed by atoms with Crippen LogP contribution in [0, 0.1) is 11.3 Å². The van der Waals surface area contributed by atoms with E-state index in [2.05, 4.69) is 17.1 Å². The van der Waals surface area contributed by atoms with E-state index in [0.717, 1.165) is 32.6 Å². The van der Waals surface area contributed by atoms with Crippen molar-refractivity contribution in [2.75, 3.05) is 39.8 Å². The highest BCUT2D eigenvalue weighted by molar-refractivity contribution is 5.85. The molecule has 1 amide bonds. The van der Waals surface area contributed by atoms with Crippen molar-refractivity contribution >= 4 is 30.7 Å². The number of likely N-dealkylation sites (tertiary alicyclic amines) is 1. The van der Waals surface area contributed by atoms with Gasteiger partial charge in [-0.1, -0.05) is 6.92 Å². The van der Waals surface area contributed by atoms with Crippen LogP contribution < -0.4 is 5.32 Å². The van der Waals surface area contributed by atoms with E-state index >= 15 is 0 Å². The number of hydrogen-bond donors (Lipinski definition) is 1. The van der Waals surface area contributed by atoms with E-state index in [1.54, 1.807) is 0 Å². The molecule has 1 N–H and O–H groups in total. The predicted octanol–water partition coefficient (Wildman–Crippen LogP) is 2.16. The SMILES string of the molecule is CCN1CCCC1CN(C)C(=O)C1CC12CCNCC2.Cl.Cl. The molecule has 1 saturated carbocycles. The largest absolute Gasteiger partial charge is 0.344 e. The Kier molecular flexibility index (Phi) is 7.44. The van der Waals surface area contributed by atoms with Gasteiger partial charge in [0.2, 0.25) is 5.91 Å². The first-order valence-corrected chi connectivity index (χ1v) is 8.36. The van der Waals surface area contributed by atoms with E-state index in [0.29, 0.717) is 23.3 Å². The number of carbonyl (C=O) groups is 1. The molecule has 2 heterocycles. The Bertz CT molecular complexity index is 374. The standard InChI is InChI=1S/C16H29N3O.2ClH/c1-3-19-10-4-5-13(19)12-18(2)15(20)14-11-16(14)6-8-17-9-7-16;;/h13-14,17H,3-12H2,1-2H3;2*1H. The van der Waals surface area contributed by atoms with Crippen molar-refractivity contribution in [3.05, 3.63) is 0 Å². The average molecular weight is 352 g/mol. The van der Waals surface area contributed by atoms with Gasteiger partial charge in [0.15, 0.2) is 0 Å². The van der Waals surface area contributed by atoms with E-state index in [9.17, 15) is 4.79 Å². The lowest BCUT2D eigenvalue weighted by Crippen LogP contribution is -2.42. The second kappa shape index (κ2) is 8.18. The second-order valence-electron chi connectivity index (χ2n) is 7.01. The third kappa shape index (κ3) is 3.89. The Morgan fingerprint density at radius 2 is 2.00 bits per heavy atom. The van der Waals surface area contributed by atoms with E-state index in [1.807, 2.05) is 11.9 Å². The number of hydrogen-bond acceptors (Lipinski definition) is 3. The van der Waals surface area contributed by atoms with Crippen molar-refractivity contribution in [3.8, 4) is 0 Å². The minimum atomic E-state index is 0. The summed E-state index contributed by atoms with van der Waals surface area (Å²) in [6.45, 7) is 7.68. The molecule has 6 heteroatoms. The van der Waals surface area contributed by atoms with Crippen molar-refractivity contribution in [2.24, 2.45) is 11.3 Å². The Morgan fingerprint density at radius 1 is 1.32 bits per heavy atom. The molecule has 0 aromatic carbocycles. The van der Waals surface area contributed by atoms with Crippen molar-refractivity contribution in [3.63, 3.8) is 0 Å². The Hall–Kier alpha value is -0.0300. The first-order valence-electron chi connectivity index (χ1n) is 8.36.